The van der Waals surface area contributed by atoms with Gasteiger partial charge in [-0.3, -0.25) is 9.59 Å². The highest BCUT2D eigenvalue weighted by atomic mass is 16.5. The number of likely N-dealkylation sites (tertiary alicyclic amines) is 1. The van der Waals surface area contributed by atoms with Crippen molar-refractivity contribution in [2.24, 2.45) is 0 Å². The van der Waals surface area contributed by atoms with E-state index in [2.05, 4.69) is 14.5 Å². The molecule has 1 aliphatic rings. The van der Waals surface area contributed by atoms with Gasteiger partial charge in [0.15, 0.2) is 0 Å². The molecule has 0 bridgehead atoms. The fourth-order valence-electron chi connectivity index (χ4n) is 3.19. The SMILES string of the molecule is COCCn1ccnc1C1CCCN(C(=O)c2ccc[nH]c2=O)C1. The van der Waals surface area contributed by atoms with Crippen LogP contribution >= 0.6 is 0 Å². The zero-order valence-electron chi connectivity index (χ0n) is 13.8. The van der Waals surface area contributed by atoms with Crippen LogP contribution in [0.5, 0.6) is 0 Å². The van der Waals surface area contributed by atoms with Crippen molar-refractivity contribution in [3.63, 3.8) is 0 Å². The number of aromatic nitrogens is 3. The first kappa shape index (κ1) is 16.4. The average molecular weight is 330 g/mol. The number of carbonyl (C=O) groups excluding carboxylic acids is 1. The van der Waals surface area contributed by atoms with Crippen LogP contribution in [0.3, 0.4) is 0 Å². The van der Waals surface area contributed by atoms with E-state index in [1.165, 1.54) is 6.20 Å². The van der Waals surface area contributed by atoms with Crippen molar-refractivity contribution < 1.29 is 9.53 Å². The van der Waals surface area contributed by atoms with Gasteiger partial charge in [-0.15, -0.1) is 0 Å². The van der Waals surface area contributed by atoms with Gasteiger partial charge in [0.05, 0.1) is 6.61 Å². The molecule has 0 spiro atoms. The second kappa shape index (κ2) is 7.44. The van der Waals surface area contributed by atoms with Crippen molar-refractivity contribution >= 4 is 5.91 Å². The predicted octanol–water partition coefficient (Wildman–Crippen LogP) is 1.24. The van der Waals surface area contributed by atoms with E-state index in [9.17, 15) is 9.59 Å². The maximum atomic E-state index is 12.7. The van der Waals surface area contributed by atoms with Crippen LogP contribution in [-0.2, 0) is 11.3 Å². The highest BCUT2D eigenvalue weighted by Gasteiger charge is 2.28. The third-order valence-electron chi connectivity index (χ3n) is 4.41. The predicted molar refractivity (Wildman–Crippen MR) is 89.0 cm³/mol. The number of amides is 1. The van der Waals surface area contributed by atoms with Gasteiger partial charge in [0, 0.05) is 51.3 Å². The number of hydrogen-bond donors (Lipinski definition) is 1. The third kappa shape index (κ3) is 3.41. The molecule has 0 aromatic carbocycles. The summed E-state index contributed by atoms with van der Waals surface area (Å²) >= 11 is 0. The Hall–Kier alpha value is -2.41. The zero-order chi connectivity index (χ0) is 16.9. The largest absolute Gasteiger partial charge is 0.383 e. The molecule has 1 atom stereocenters. The smallest absolute Gasteiger partial charge is 0.260 e. The number of pyridine rings is 1. The molecule has 128 valence electrons. The van der Waals surface area contributed by atoms with E-state index in [1.54, 1.807) is 30.3 Å². The standard InChI is InChI=1S/C17H22N4O3/c1-24-11-10-20-9-7-18-15(20)13-4-3-8-21(12-13)17(23)14-5-2-6-19-16(14)22/h2,5-7,9,13H,3-4,8,10-12H2,1H3,(H,19,22). The van der Waals surface area contributed by atoms with Crippen molar-refractivity contribution in [1.82, 2.24) is 19.4 Å². The van der Waals surface area contributed by atoms with Gasteiger partial charge >= 0.3 is 0 Å². The third-order valence-corrected chi connectivity index (χ3v) is 4.41. The molecule has 1 fully saturated rings. The lowest BCUT2D eigenvalue weighted by atomic mass is 9.96. The van der Waals surface area contributed by atoms with E-state index in [1.807, 2.05) is 6.20 Å². The summed E-state index contributed by atoms with van der Waals surface area (Å²) in [7, 11) is 1.68. The number of nitrogens with zero attached hydrogens (tertiary/aromatic N) is 3. The van der Waals surface area contributed by atoms with Crippen LogP contribution in [0.1, 0.15) is 34.9 Å². The van der Waals surface area contributed by atoms with Gasteiger partial charge in [-0.1, -0.05) is 0 Å². The molecule has 0 radical (unpaired) electrons. The highest BCUT2D eigenvalue weighted by molar-refractivity contribution is 5.93. The summed E-state index contributed by atoms with van der Waals surface area (Å²) in [6.45, 7) is 2.62. The number of nitrogens with one attached hydrogen (secondary N) is 1. The summed E-state index contributed by atoms with van der Waals surface area (Å²) < 4.78 is 7.22. The van der Waals surface area contributed by atoms with Crippen LogP contribution in [0.2, 0.25) is 0 Å². The van der Waals surface area contributed by atoms with E-state index < -0.39 is 0 Å². The molecule has 3 heterocycles. The molecule has 1 unspecified atom stereocenters. The Kier molecular flexibility index (Phi) is 5.10. The number of methoxy groups -OCH3 is 1. The fourth-order valence-corrected chi connectivity index (χ4v) is 3.19. The van der Waals surface area contributed by atoms with Crippen LogP contribution in [0.25, 0.3) is 0 Å². The number of carbonyl (C=O) groups is 1. The van der Waals surface area contributed by atoms with Crippen molar-refractivity contribution in [2.45, 2.75) is 25.3 Å². The highest BCUT2D eigenvalue weighted by Crippen LogP contribution is 2.26. The van der Waals surface area contributed by atoms with Gasteiger partial charge < -0.3 is 19.2 Å². The first-order chi connectivity index (χ1) is 11.7. The average Bonchev–Trinajstić information content (AvgIpc) is 3.08. The number of ether oxygens (including phenoxy) is 1. The number of hydrogen-bond acceptors (Lipinski definition) is 4. The molecule has 0 saturated carbocycles. The van der Waals surface area contributed by atoms with Gasteiger partial charge in [-0.05, 0) is 25.0 Å². The molecule has 2 aromatic heterocycles. The minimum absolute atomic E-state index is 0.178. The van der Waals surface area contributed by atoms with Crippen molar-refractivity contribution in [3.05, 3.63) is 52.5 Å². The summed E-state index contributed by atoms with van der Waals surface area (Å²) in [4.78, 5) is 33.3. The van der Waals surface area contributed by atoms with E-state index in [0.29, 0.717) is 19.7 Å². The monoisotopic (exact) mass is 330 g/mol. The lowest BCUT2D eigenvalue weighted by Crippen LogP contribution is -2.41. The molecule has 1 aliphatic heterocycles. The molecule has 1 N–H and O–H groups in total. The number of piperidine rings is 1. The van der Waals surface area contributed by atoms with Crippen LogP contribution in [0, 0.1) is 0 Å². The van der Waals surface area contributed by atoms with Gasteiger partial charge in [0.1, 0.15) is 11.4 Å². The van der Waals surface area contributed by atoms with Crippen molar-refractivity contribution in [2.75, 3.05) is 26.8 Å². The quantitative estimate of drug-likeness (QED) is 0.894. The number of rotatable bonds is 5. The fraction of sp³-hybridized carbons (Fsp3) is 0.471. The minimum Gasteiger partial charge on any atom is -0.383 e. The molecule has 7 nitrogen and oxygen atoms in total. The van der Waals surface area contributed by atoms with Crippen LogP contribution < -0.4 is 5.56 Å². The first-order valence-electron chi connectivity index (χ1n) is 8.17. The van der Waals surface area contributed by atoms with Crippen molar-refractivity contribution in [3.8, 4) is 0 Å². The van der Waals surface area contributed by atoms with E-state index in [4.69, 9.17) is 4.74 Å². The van der Waals surface area contributed by atoms with Crippen LogP contribution in [0.15, 0.2) is 35.5 Å². The van der Waals surface area contributed by atoms with Gasteiger partial charge in [-0.25, -0.2) is 4.98 Å². The second-order valence-electron chi connectivity index (χ2n) is 5.97. The molecule has 1 saturated heterocycles. The summed E-state index contributed by atoms with van der Waals surface area (Å²) in [5.41, 5.74) is -0.146. The van der Waals surface area contributed by atoms with Gasteiger partial charge in [-0.2, -0.15) is 0 Å². The van der Waals surface area contributed by atoms with E-state index >= 15 is 0 Å². The Morgan fingerprint density at radius 3 is 3.17 bits per heavy atom. The molecular weight excluding hydrogens is 308 g/mol. The van der Waals surface area contributed by atoms with E-state index in [-0.39, 0.29) is 22.9 Å². The topological polar surface area (TPSA) is 80.2 Å². The Bertz CT molecular complexity index is 752. The maximum absolute atomic E-state index is 12.7. The molecule has 24 heavy (non-hydrogen) atoms. The molecule has 7 heteroatoms. The first-order valence-corrected chi connectivity index (χ1v) is 8.17. The Balaban J connectivity index is 1.75. The zero-order valence-corrected chi connectivity index (χ0v) is 13.8. The molecular formula is C17H22N4O3. The number of imidazole rings is 1. The Morgan fingerprint density at radius 2 is 2.38 bits per heavy atom. The Morgan fingerprint density at radius 1 is 1.50 bits per heavy atom. The van der Waals surface area contributed by atoms with E-state index in [0.717, 1.165) is 25.2 Å². The van der Waals surface area contributed by atoms with Gasteiger partial charge in [0.2, 0.25) is 0 Å². The molecule has 0 aliphatic carbocycles. The Labute approximate surface area is 140 Å². The maximum Gasteiger partial charge on any atom is 0.260 e. The summed E-state index contributed by atoms with van der Waals surface area (Å²) in [6.07, 6.45) is 7.15. The van der Waals surface area contributed by atoms with Crippen molar-refractivity contribution in [1.29, 1.82) is 0 Å². The lowest BCUT2D eigenvalue weighted by Gasteiger charge is -2.32. The van der Waals surface area contributed by atoms with Gasteiger partial charge in [0.25, 0.3) is 11.5 Å². The molecule has 1 amide bonds. The summed E-state index contributed by atoms with van der Waals surface area (Å²) in [5.74, 6) is 0.945. The minimum atomic E-state index is -0.341. The second-order valence-corrected chi connectivity index (χ2v) is 5.97. The van der Waals surface area contributed by atoms with Crippen LogP contribution in [-0.4, -0.2) is 52.1 Å². The molecule has 3 rings (SSSR count). The number of aromatic amines is 1. The molecule has 2 aromatic rings. The number of H-pyrrole nitrogens is 1. The summed E-state index contributed by atoms with van der Waals surface area (Å²) in [6, 6.07) is 3.25. The normalized spacial score (nSPS) is 17.9. The lowest BCUT2D eigenvalue weighted by molar-refractivity contribution is 0.0700. The summed E-state index contributed by atoms with van der Waals surface area (Å²) in [5, 5.41) is 0. The van der Waals surface area contributed by atoms with Crippen LogP contribution in [0.4, 0.5) is 0 Å².